The van der Waals surface area contributed by atoms with Crippen LogP contribution in [-0.4, -0.2) is 36.0 Å². The molecule has 23 heavy (non-hydrogen) atoms. The maximum Gasteiger partial charge on any atom is 0.256 e. The second-order valence-corrected chi connectivity index (χ2v) is 7.35. The van der Waals surface area contributed by atoms with Crippen molar-refractivity contribution in [1.29, 1.82) is 0 Å². The van der Waals surface area contributed by atoms with Crippen molar-refractivity contribution in [3.63, 3.8) is 0 Å². The number of anilines is 2. The molecular weight excluding hydrogens is 286 g/mol. The maximum atomic E-state index is 13.1. The molecule has 1 saturated heterocycles. The fourth-order valence-corrected chi connectivity index (χ4v) is 3.48. The molecule has 0 spiro atoms. The molecule has 0 aliphatic carbocycles. The quantitative estimate of drug-likeness (QED) is 0.860. The van der Waals surface area contributed by atoms with E-state index in [0.717, 1.165) is 37.2 Å². The number of carbonyl (C=O) groups excluding carboxylic acids is 1. The van der Waals surface area contributed by atoms with E-state index in [1.54, 1.807) is 0 Å². The largest absolute Gasteiger partial charge is 0.399 e. The van der Waals surface area contributed by atoms with E-state index in [2.05, 4.69) is 39.5 Å². The van der Waals surface area contributed by atoms with E-state index < -0.39 is 0 Å². The SMILES string of the molecule is CC1CCN(C(=O)c2cc(N)ccc2N(C(C)C)C(C)C)CC1. The Labute approximate surface area is 140 Å². The lowest BCUT2D eigenvalue weighted by atomic mass is 9.98. The summed E-state index contributed by atoms with van der Waals surface area (Å²) < 4.78 is 0. The molecule has 0 radical (unpaired) electrons. The zero-order valence-electron chi connectivity index (χ0n) is 15.2. The Morgan fingerprint density at radius 2 is 1.74 bits per heavy atom. The van der Waals surface area contributed by atoms with E-state index in [4.69, 9.17) is 5.73 Å². The van der Waals surface area contributed by atoms with Crippen LogP contribution >= 0.6 is 0 Å². The zero-order chi connectivity index (χ0) is 17.1. The van der Waals surface area contributed by atoms with Crippen molar-refractivity contribution in [2.75, 3.05) is 23.7 Å². The van der Waals surface area contributed by atoms with Crippen LogP contribution in [0.2, 0.25) is 0 Å². The fraction of sp³-hybridized carbons (Fsp3) is 0.632. The maximum absolute atomic E-state index is 13.1. The van der Waals surface area contributed by atoms with Crippen LogP contribution in [0.3, 0.4) is 0 Å². The molecule has 0 atom stereocenters. The van der Waals surface area contributed by atoms with Gasteiger partial charge in [-0.05, 0) is 64.7 Å². The van der Waals surface area contributed by atoms with Crippen LogP contribution in [0.25, 0.3) is 0 Å². The summed E-state index contributed by atoms with van der Waals surface area (Å²) in [7, 11) is 0. The molecular formula is C19H31N3O. The number of hydrogen-bond acceptors (Lipinski definition) is 3. The topological polar surface area (TPSA) is 49.6 Å². The van der Waals surface area contributed by atoms with Crippen molar-refractivity contribution in [3.8, 4) is 0 Å². The lowest BCUT2D eigenvalue weighted by Crippen LogP contribution is -2.41. The van der Waals surface area contributed by atoms with Gasteiger partial charge in [-0.1, -0.05) is 6.92 Å². The van der Waals surface area contributed by atoms with Gasteiger partial charge in [0.1, 0.15) is 0 Å². The van der Waals surface area contributed by atoms with Crippen LogP contribution in [0.15, 0.2) is 18.2 Å². The molecule has 1 amide bonds. The van der Waals surface area contributed by atoms with Gasteiger partial charge in [0.25, 0.3) is 5.91 Å². The normalized spacial score (nSPS) is 16.2. The van der Waals surface area contributed by atoms with E-state index in [1.165, 1.54) is 0 Å². The van der Waals surface area contributed by atoms with Gasteiger partial charge in [0.15, 0.2) is 0 Å². The van der Waals surface area contributed by atoms with E-state index in [9.17, 15) is 4.79 Å². The van der Waals surface area contributed by atoms with Crippen LogP contribution in [0.5, 0.6) is 0 Å². The van der Waals surface area contributed by atoms with Gasteiger partial charge >= 0.3 is 0 Å². The Kier molecular flexibility index (Phi) is 5.55. The highest BCUT2D eigenvalue weighted by molar-refractivity contribution is 6.01. The third-order valence-electron chi connectivity index (χ3n) is 4.71. The zero-order valence-corrected chi connectivity index (χ0v) is 15.2. The molecule has 2 N–H and O–H groups in total. The second kappa shape index (κ2) is 7.24. The van der Waals surface area contributed by atoms with Crippen LogP contribution in [0.1, 0.15) is 57.8 Å². The highest BCUT2D eigenvalue weighted by atomic mass is 16.2. The number of likely N-dealkylation sites (tertiary alicyclic amines) is 1. The minimum absolute atomic E-state index is 0.116. The van der Waals surface area contributed by atoms with Crippen molar-refractivity contribution >= 4 is 17.3 Å². The van der Waals surface area contributed by atoms with E-state index >= 15 is 0 Å². The fourth-order valence-electron chi connectivity index (χ4n) is 3.48. The molecule has 1 heterocycles. The minimum atomic E-state index is 0.116. The molecule has 1 aromatic rings. The lowest BCUT2D eigenvalue weighted by Gasteiger charge is -2.36. The number of amides is 1. The van der Waals surface area contributed by atoms with Crippen molar-refractivity contribution in [1.82, 2.24) is 4.90 Å². The first-order valence-electron chi connectivity index (χ1n) is 8.78. The summed E-state index contributed by atoms with van der Waals surface area (Å²) in [6.07, 6.45) is 2.17. The standard InChI is InChI=1S/C19H31N3O/c1-13(2)22(14(3)4)18-7-6-16(20)12-17(18)19(23)21-10-8-15(5)9-11-21/h6-7,12-15H,8-11,20H2,1-5H3. The first kappa shape index (κ1) is 17.6. The predicted molar refractivity (Wildman–Crippen MR) is 97.9 cm³/mol. The van der Waals surface area contributed by atoms with Gasteiger partial charge in [-0.2, -0.15) is 0 Å². The number of hydrogen-bond donors (Lipinski definition) is 1. The summed E-state index contributed by atoms with van der Waals surface area (Å²) in [6, 6.07) is 6.38. The highest BCUT2D eigenvalue weighted by Crippen LogP contribution is 2.29. The number of piperidine rings is 1. The van der Waals surface area contributed by atoms with Crippen molar-refractivity contribution in [3.05, 3.63) is 23.8 Å². The first-order valence-corrected chi connectivity index (χ1v) is 8.78. The minimum Gasteiger partial charge on any atom is -0.399 e. The molecule has 0 bridgehead atoms. The van der Waals surface area contributed by atoms with Gasteiger partial charge in [0.2, 0.25) is 0 Å². The van der Waals surface area contributed by atoms with Gasteiger partial charge < -0.3 is 15.5 Å². The number of nitrogens with two attached hydrogens (primary N) is 1. The summed E-state index contributed by atoms with van der Waals surface area (Å²) in [5, 5.41) is 0. The van der Waals surface area contributed by atoms with E-state index in [-0.39, 0.29) is 5.91 Å². The molecule has 1 aromatic carbocycles. The monoisotopic (exact) mass is 317 g/mol. The molecule has 0 saturated carbocycles. The van der Waals surface area contributed by atoms with Crippen LogP contribution in [0, 0.1) is 5.92 Å². The number of carbonyl (C=O) groups is 1. The average molecular weight is 317 g/mol. The first-order chi connectivity index (χ1) is 10.8. The number of benzene rings is 1. The Morgan fingerprint density at radius 1 is 1.17 bits per heavy atom. The van der Waals surface area contributed by atoms with Gasteiger partial charge in [-0.15, -0.1) is 0 Å². The highest BCUT2D eigenvalue weighted by Gasteiger charge is 2.26. The molecule has 2 rings (SSSR count). The average Bonchev–Trinajstić information content (AvgIpc) is 2.48. The van der Waals surface area contributed by atoms with Crippen LogP contribution in [0.4, 0.5) is 11.4 Å². The van der Waals surface area contributed by atoms with Gasteiger partial charge in [-0.3, -0.25) is 4.79 Å². The predicted octanol–water partition coefficient (Wildman–Crippen LogP) is 3.76. The van der Waals surface area contributed by atoms with Gasteiger partial charge in [0.05, 0.1) is 11.3 Å². The van der Waals surface area contributed by atoms with Crippen molar-refractivity contribution in [2.24, 2.45) is 5.92 Å². The smallest absolute Gasteiger partial charge is 0.256 e. The molecule has 1 aliphatic rings. The number of rotatable bonds is 4. The summed E-state index contributed by atoms with van der Waals surface area (Å²) in [5.74, 6) is 0.827. The molecule has 0 aromatic heterocycles. The second-order valence-electron chi connectivity index (χ2n) is 7.35. The summed E-state index contributed by atoms with van der Waals surface area (Å²) >= 11 is 0. The third-order valence-corrected chi connectivity index (χ3v) is 4.71. The third kappa shape index (κ3) is 3.98. The molecule has 1 aliphatic heterocycles. The Hall–Kier alpha value is -1.71. The summed E-state index contributed by atoms with van der Waals surface area (Å²) in [5.41, 5.74) is 8.36. The van der Waals surface area contributed by atoms with E-state index in [0.29, 0.717) is 23.7 Å². The van der Waals surface area contributed by atoms with Crippen molar-refractivity contribution in [2.45, 2.75) is 59.5 Å². The van der Waals surface area contributed by atoms with Crippen LogP contribution < -0.4 is 10.6 Å². The molecule has 0 unspecified atom stereocenters. The number of nitrogen functional groups attached to an aromatic ring is 1. The summed E-state index contributed by atoms with van der Waals surface area (Å²) in [6.45, 7) is 12.6. The van der Waals surface area contributed by atoms with Gasteiger partial charge in [0, 0.05) is 30.9 Å². The molecule has 4 heteroatoms. The Balaban J connectivity index is 2.36. The van der Waals surface area contributed by atoms with Gasteiger partial charge in [-0.25, -0.2) is 0 Å². The van der Waals surface area contributed by atoms with Crippen molar-refractivity contribution < 1.29 is 4.79 Å². The van der Waals surface area contributed by atoms with Crippen LogP contribution in [-0.2, 0) is 0 Å². The summed E-state index contributed by atoms with van der Waals surface area (Å²) in [4.78, 5) is 17.3. The number of nitrogens with zero attached hydrogens (tertiary/aromatic N) is 2. The van der Waals surface area contributed by atoms with E-state index in [1.807, 2.05) is 23.1 Å². The molecule has 128 valence electrons. The molecule has 4 nitrogen and oxygen atoms in total. The Bertz CT molecular complexity index is 538. The molecule has 1 fully saturated rings. The lowest BCUT2D eigenvalue weighted by molar-refractivity contribution is 0.0698. The Morgan fingerprint density at radius 3 is 2.26 bits per heavy atom.